The number of hydrogen-bond donors (Lipinski definition) is 0. The van der Waals surface area contributed by atoms with Crippen molar-refractivity contribution >= 4 is 11.9 Å². The lowest BCUT2D eigenvalue weighted by Gasteiger charge is -2.29. The third kappa shape index (κ3) is 4.36. The van der Waals surface area contributed by atoms with E-state index in [4.69, 9.17) is 18.9 Å². The van der Waals surface area contributed by atoms with Crippen molar-refractivity contribution in [2.24, 2.45) is 11.8 Å². The number of esters is 2. The molecule has 0 N–H and O–H groups in total. The van der Waals surface area contributed by atoms with Crippen LogP contribution in [0.15, 0.2) is 71.3 Å². The van der Waals surface area contributed by atoms with Gasteiger partial charge in [0.25, 0.3) is 0 Å². The van der Waals surface area contributed by atoms with Gasteiger partial charge in [0.05, 0.1) is 13.2 Å². The van der Waals surface area contributed by atoms with Gasteiger partial charge in [0.1, 0.15) is 23.7 Å². The van der Waals surface area contributed by atoms with Crippen molar-refractivity contribution in [3.63, 3.8) is 0 Å². The Morgan fingerprint density at radius 1 is 0.793 bits per heavy atom. The molecule has 152 valence electrons. The first kappa shape index (κ1) is 19.3. The first-order valence-corrected chi connectivity index (χ1v) is 9.83. The van der Waals surface area contributed by atoms with Crippen molar-refractivity contribution in [3.05, 3.63) is 71.3 Å². The average molecular weight is 396 g/mol. The molecule has 2 heterocycles. The van der Waals surface area contributed by atoms with Gasteiger partial charge in [-0.1, -0.05) is 23.3 Å². The van der Waals surface area contributed by atoms with Crippen molar-refractivity contribution in [3.8, 4) is 0 Å². The Kier molecular flexibility index (Phi) is 5.43. The predicted molar refractivity (Wildman–Crippen MR) is 105 cm³/mol. The van der Waals surface area contributed by atoms with Gasteiger partial charge in [-0.2, -0.15) is 0 Å². The summed E-state index contributed by atoms with van der Waals surface area (Å²) in [7, 11) is 0. The van der Waals surface area contributed by atoms with E-state index in [1.807, 2.05) is 50.3 Å². The zero-order valence-corrected chi connectivity index (χ0v) is 16.5. The molecule has 0 aromatic heterocycles. The third-order valence-corrected chi connectivity index (χ3v) is 5.37. The highest BCUT2D eigenvalue weighted by Gasteiger charge is 2.31. The monoisotopic (exact) mass is 396 g/mol. The van der Waals surface area contributed by atoms with Crippen LogP contribution in [0.4, 0.5) is 0 Å². The van der Waals surface area contributed by atoms with Crippen LogP contribution in [0.25, 0.3) is 0 Å². The minimum absolute atomic E-state index is 0.0876. The maximum atomic E-state index is 11.6. The first-order chi connectivity index (χ1) is 14.0. The van der Waals surface area contributed by atoms with Crippen LogP contribution in [0.1, 0.15) is 20.3 Å². The molecule has 4 aliphatic rings. The van der Waals surface area contributed by atoms with E-state index in [-0.39, 0.29) is 36.0 Å². The summed E-state index contributed by atoms with van der Waals surface area (Å²) >= 11 is 0. The van der Waals surface area contributed by atoms with Crippen LogP contribution in [-0.2, 0) is 28.5 Å². The third-order valence-electron chi connectivity index (χ3n) is 5.37. The zero-order chi connectivity index (χ0) is 20.4. The highest BCUT2D eigenvalue weighted by Crippen LogP contribution is 2.31. The number of allylic oxidation sites excluding steroid dienone is 2. The summed E-state index contributed by atoms with van der Waals surface area (Å²) in [4.78, 5) is 23.1. The first-order valence-electron chi connectivity index (χ1n) is 9.83. The SMILES string of the molecule is CC1=CC(=O)O[C@H]2C=C(OCCCOC3=C[C@H]4OC(=O)C=C(C)[C@H]4C=C3)C=C[C@H]12. The van der Waals surface area contributed by atoms with Crippen molar-refractivity contribution in [2.45, 2.75) is 32.5 Å². The summed E-state index contributed by atoms with van der Waals surface area (Å²) in [6, 6.07) is 0. The molecule has 0 spiro atoms. The molecular weight excluding hydrogens is 372 g/mol. The quantitative estimate of drug-likeness (QED) is 0.507. The van der Waals surface area contributed by atoms with Crippen LogP contribution >= 0.6 is 0 Å². The molecule has 2 aliphatic heterocycles. The van der Waals surface area contributed by atoms with Gasteiger partial charge < -0.3 is 18.9 Å². The molecule has 2 aliphatic carbocycles. The standard InChI is InChI=1S/C23H24O6/c1-14-10-22(24)28-20-12-16(4-6-18(14)20)26-8-3-9-27-17-5-7-19-15(2)11-23(25)29-21(19)13-17/h4-7,10-13,18-21H,3,8-9H2,1-2H3/t18-,19-,20-,21+/m1/s1. The molecule has 0 amide bonds. The van der Waals surface area contributed by atoms with Crippen molar-refractivity contribution in [2.75, 3.05) is 13.2 Å². The molecular formula is C23H24O6. The van der Waals surface area contributed by atoms with Gasteiger partial charge in [0, 0.05) is 30.4 Å². The highest BCUT2D eigenvalue weighted by molar-refractivity contribution is 5.85. The number of rotatable bonds is 6. The molecule has 6 nitrogen and oxygen atoms in total. The summed E-state index contributed by atoms with van der Waals surface area (Å²) in [6.45, 7) is 4.83. The van der Waals surface area contributed by atoms with Crippen LogP contribution in [0.3, 0.4) is 0 Å². The van der Waals surface area contributed by atoms with Gasteiger partial charge in [-0.05, 0) is 38.2 Å². The Balaban J connectivity index is 1.21. The number of hydrogen-bond acceptors (Lipinski definition) is 6. The number of carbonyl (C=O) groups excluding carboxylic acids is 2. The van der Waals surface area contributed by atoms with Gasteiger partial charge in [-0.15, -0.1) is 0 Å². The fraction of sp³-hybridized carbons (Fsp3) is 0.391. The number of ether oxygens (including phenoxy) is 4. The van der Waals surface area contributed by atoms with Gasteiger partial charge >= 0.3 is 11.9 Å². The topological polar surface area (TPSA) is 71.1 Å². The Hall–Kier alpha value is -3.02. The van der Waals surface area contributed by atoms with Crippen molar-refractivity contribution in [1.82, 2.24) is 0 Å². The van der Waals surface area contributed by atoms with E-state index >= 15 is 0 Å². The van der Waals surface area contributed by atoms with Gasteiger partial charge in [-0.3, -0.25) is 0 Å². The minimum Gasteiger partial charge on any atom is -0.494 e. The minimum atomic E-state index is -0.312. The summed E-state index contributed by atoms with van der Waals surface area (Å²) in [5.74, 6) is 0.950. The molecule has 29 heavy (non-hydrogen) atoms. The second-order valence-electron chi connectivity index (χ2n) is 7.54. The van der Waals surface area contributed by atoms with E-state index in [2.05, 4.69) is 0 Å². The van der Waals surface area contributed by atoms with Crippen molar-refractivity contribution in [1.29, 1.82) is 0 Å². The summed E-state index contributed by atoms with van der Waals surface area (Å²) < 4.78 is 22.3. The molecule has 0 saturated heterocycles. The molecule has 0 aromatic carbocycles. The molecule has 4 atom stereocenters. The molecule has 4 rings (SSSR count). The lowest BCUT2D eigenvalue weighted by Crippen LogP contribution is -2.31. The maximum Gasteiger partial charge on any atom is 0.331 e. The van der Waals surface area contributed by atoms with E-state index in [1.165, 1.54) is 12.2 Å². The van der Waals surface area contributed by atoms with Crippen LogP contribution in [0, 0.1) is 11.8 Å². The second-order valence-corrected chi connectivity index (χ2v) is 7.54. The molecule has 6 heteroatoms. The normalized spacial score (nSPS) is 30.0. The average Bonchev–Trinajstić information content (AvgIpc) is 2.67. The molecule has 0 saturated carbocycles. The molecule has 0 radical (unpaired) electrons. The highest BCUT2D eigenvalue weighted by atomic mass is 16.6. The Labute approximate surface area is 169 Å². The molecule has 0 bridgehead atoms. The van der Waals surface area contributed by atoms with Crippen LogP contribution in [0.2, 0.25) is 0 Å². The van der Waals surface area contributed by atoms with E-state index < -0.39 is 0 Å². The molecule has 0 unspecified atom stereocenters. The van der Waals surface area contributed by atoms with E-state index in [9.17, 15) is 9.59 Å². The van der Waals surface area contributed by atoms with E-state index in [1.54, 1.807) is 0 Å². The number of fused-ring (bicyclic) bond motifs is 2. The summed E-state index contributed by atoms with van der Waals surface area (Å²) in [5.41, 5.74) is 1.99. The summed E-state index contributed by atoms with van der Waals surface area (Å²) in [6.07, 6.45) is 14.7. The van der Waals surface area contributed by atoms with Crippen molar-refractivity contribution < 1.29 is 28.5 Å². The Bertz CT molecular complexity index is 813. The molecule has 0 aromatic rings. The number of carbonyl (C=O) groups is 2. The van der Waals surface area contributed by atoms with Gasteiger partial charge in [-0.25, -0.2) is 9.59 Å². The Morgan fingerprint density at radius 3 is 1.69 bits per heavy atom. The second kappa shape index (κ2) is 8.15. The fourth-order valence-corrected chi connectivity index (χ4v) is 3.83. The van der Waals surface area contributed by atoms with Crippen LogP contribution in [0.5, 0.6) is 0 Å². The molecule has 0 fully saturated rings. The predicted octanol–water partition coefficient (Wildman–Crippen LogP) is 3.29. The maximum absolute atomic E-state index is 11.6. The Morgan fingerprint density at radius 2 is 1.24 bits per heavy atom. The zero-order valence-electron chi connectivity index (χ0n) is 16.5. The lowest BCUT2D eigenvalue weighted by molar-refractivity contribution is -0.144. The van der Waals surface area contributed by atoms with E-state index in [0.29, 0.717) is 31.2 Å². The largest absolute Gasteiger partial charge is 0.494 e. The van der Waals surface area contributed by atoms with E-state index in [0.717, 1.165) is 11.1 Å². The van der Waals surface area contributed by atoms with Crippen LogP contribution in [-0.4, -0.2) is 37.4 Å². The lowest BCUT2D eigenvalue weighted by atomic mass is 9.88. The fourth-order valence-electron chi connectivity index (χ4n) is 3.83. The van der Waals surface area contributed by atoms with Crippen LogP contribution < -0.4 is 0 Å². The van der Waals surface area contributed by atoms with Gasteiger partial charge in [0.2, 0.25) is 0 Å². The summed E-state index contributed by atoms with van der Waals surface area (Å²) in [5, 5.41) is 0. The smallest absolute Gasteiger partial charge is 0.331 e. The van der Waals surface area contributed by atoms with Gasteiger partial charge in [0.15, 0.2) is 0 Å².